The smallest absolute Gasteiger partial charge is 0.208 e. The molecule has 0 unspecified atom stereocenters. The molecule has 0 amide bonds. The zero-order chi connectivity index (χ0) is 11.4. The molecule has 0 fully saturated rings. The van der Waals surface area contributed by atoms with Gasteiger partial charge in [-0.25, -0.2) is 13.1 Å². The summed E-state index contributed by atoms with van der Waals surface area (Å²) in [5.74, 6) is 0.626. The first-order valence-electron chi connectivity index (χ1n) is 5.10. The first-order chi connectivity index (χ1) is 6.15. The highest BCUT2D eigenvalue weighted by atomic mass is 32.2. The molecule has 0 bridgehead atoms. The molecule has 0 aliphatic heterocycles. The second-order valence-corrected chi connectivity index (χ2v) is 6.75. The van der Waals surface area contributed by atoms with Crippen LogP contribution in [-0.2, 0) is 10.0 Å². The number of sulfonamides is 1. The van der Waals surface area contributed by atoms with Crippen molar-refractivity contribution in [3.05, 3.63) is 0 Å². The minimum Gasteiger partial charge on any atom is -0.215 e. The summed E-state index contributed by atoms with van der Waals surface area (Å²) in [6, 6.07) is 0. The standard InChI is InChI=1S/C10H23NO2S/c1-9(2)10(3,4)7-6-8-11-14(5,12)13/h9,11H,6-8H2,1-5H3. The Morgan fingerprint density at radius 2 is 1.79 bits per heavy atom. The fourth-order valence-corrected chi connectivity index (χ4v) is 1.61. The van der Waals surface area contributed by atoms with Gasteiger partial charge in [-0.15, -0.1) is 0 Å². The van der Waals surface area contributed by atoms with Crippen LogP contribution in [0.15, 0.2) is 0 Å². The molecule has 0 rings (SSSR count). The molecule has 0 saturated carbocycles. The predicted molar refractivity (Wildman–Crippen MR) is 60.7 cm³/mol. The van der Waals surface area contributed by atoms with Crippen LogP contribution in [0.5, 0.6) is 0 Å². The molecule has 4 heteroatoms. The Labute approximate surface area is 88.3 Å². The maximum absolute atomic E-state index is 10.8. The Hall–Kier alpha value is -0.0900. The van der Waals surface area contributed by atoms with Crippen molar-refractivity contribution >= 4 is 10.0 Å². The van der Waals surface area contributed by atoms with Crippen molar-refractivity contribution in [2.75, 3.05) is 12.8 Å². The van der Waals surface area contributed by atoms with Crippen LogP contribution >= 0.6 is 0 Å². The lowest BCUT2D eigenvalue weighted by molar-refractivity contribution is 0.224. The van der Waals surface area contributed by atoms with Gasteiger partial charge in [0.2, 0.25) is 10.0 Å². The minimum absolute atomic E-state index is 0.291. The van der Waals surface area contributed by atoms with E-state index in [1.165, 1.54) is 6.26 Å². The van der Waals surface area contributed by atoms with Gasteiger partial charge in [-0.2, -0.15) is 0 Å². The summed E-state index contributed by atoms with van der Waals surface area (Å²) in [5.41, 5.74) is 0.291. The lowest BCUT2D eigenvalue weighted by Crippen LogP contribution is -2.25. The van der Waals surface area contributed by atoms with E-state index in [2.05, 4.69) is 32.4 Å². The largest absolute Gasteiger partial charge is 0.215 e. The second-order valence-electron chi connectivity index (χ2n) is 4.91. The molecule has 0 heterocycles. The van der Waals surface area contributed by atoms with Crippen molar-refractivity contribution in [2.24, 2.45) is 11.3 Å². The SMILES string of the molecule is CC(C)C(C)(C)CCCNS(C)(=O)=O. The van der Waals surface area contributed by atoms with E-state index in [1.807, 2.05) is 0 Å². The number of hydrogen-bond acceptors (Lipinski definition) is 2. The highest BCUT2D eigenvalue weighted by molar-refractivity contribution is 7.88. The first kappa shape index (κ1) is 13.9. The zero-order valence-electron chi connectivity index (χ0n) is 9.92. The fourth-order valence-electron chi connectivity index (χ4n) is 1.09. The molecule has 14 heavy (non-hydrogen) atoms. The average molecular weight is 221 g/mol. The van der Waals surface area contributed by atoms with Gasteiger partial charge in [-0.3, -0.25) is 0 Å². The van der Waals surface area contributed by atoms with Crippen LogP contribution in [0.3, 0.4) is 0 Å². The van der Waals surface area contributed by atoms with Crippen LogP contribution in [0.1, 0.15) is 40.5 Å². The molecule has 0 saturated heterocycles. The van der Waals surface area contributed by atoms with Gasteiger partial charge in [0.25, 0.3) is 0 Å². The van der Waals surface area contributed by atoms with Crippen LogP contribution in [0.2, 0.25) is 0 Å². The molecule has 86 valence electrons. The lowest BCUT2D eigenvalue weighted by atomic mass is 9.77. The third kappa shape index (κ3) is 6.38. The van der Waals surface area contributed by atoms with Gasteiger partial charge in [0.05, 0.1) is 6.26 Å². The van der Waals surface area contributed by atoms with E-state index in [0.717, 1.165) is 12.8 Å². The van der Waals surface area contributed by atoms with E-state index in [1.54, 1.807) is 0 Å². The van der Waals surface area contributed by atoms with Gasteiger partial charge in [0, 0.05) is 6.54 Å². The molecule has 0 aliphatic carbocycles. The predicted octanol–water partition coefficient (Wildman–Crippen LogP) is 2.00. The Bertz CT molecular complexity index is 255. The molecular weight excluding hydrogens is 198 g/mol. The average Bonchev–Trinajstić information content (AvgIpc) is 1.96. The van der Waals surface area contributed by atoms with E-state index in [4.69, 9.17) is 0 Å². The Morgan fingerprint density at radius 1 is 1.29 bits per heavy atom. The topological polar surface area (TPSA) is 46.2 Å². The summed E-state index contributed by atoms with van der Waals surface area (Å²) in [5, 5.41) is 0. The second kappa shape index (κ2) is 5.12. The summed E-state index contributed by atoms with van der Waals surface area (Å²) in [6.07, 6.45) is 3.14. The summed E-state index contributed by atoms with van der Waals surface area (Å²) in [7, 11) is -3.01. The van der Waals surface area contributed by atoms with Crippen molar-refractivity contribution in [1.29, 1.82) is 0 Å². The Kier molecular flexibility index (Phi) is 5.09. The Balaban J connectivity index is 3.76. The fraction of sp³-hybridized carbons (Fsp3) is 1.00. The van der Waals surface area contributed by atoms with Crippen molar-refractivity contribution in [2.45, 2.75) is 40.5 Å². The van der Waals surface area contributed by atoms with Crippen LogP contribution in [0, 0.1) is 11.3 Å². The molecule has 0 aromatic heterocycles. The summed E-state index contributed by atoms with van der Waals surface area (Å²) in [4.78, 5) is 0. The highest BCUT2D eigenvalue weighted by Crippen LogP contribution is 2.30. The number of hydrogen-bond donors (Lipinski definition) is 1. The third-order valence-corrected chi connectivity index (χ3v) is 3.65. The molecule has 0 aliphatic rings. The Morgan fingerprint density at radius 3 is 2.14 bits per heavy atom. The minimum atomic E-state index is -3.01. The van der Waals surface area contributed by atoms with Gasteiger partial charge in [-0.1, -0.05) is 27.7 Å². The normalized spacial score (nSPS) is 13.6. The molecule has 0 radical (unpaired) electrons. The van der Waals surface area contributed by atoms with Crippen LogP contribution < -0.4 is 4.72 Å². The quantitative estimate of drug-likeness (QED) is 0.697. The monoisotopic (exact) mass is 221 g/mol. The molecule has 1 N–H and O–H groups in total. The molecule has 0 aromatic carbocycles. The number of nitrogens with one attached hydrogen (secondary N) is 1. The third-order valence-electron chi connectivity index (χ3n) is 2.93. The molecule has 0 atom stereocenters. The first-order valence-corrected chi connectivity index (χ1v) is 6.99. The van der Waals surface area contributed by atoms with Gasteiger partial charge in [-0.05, 0) is 24.2 Å². The number of rotatable bonds is 6. The van der Waals surface area contributed by atoms with E-state index in [-0.39, 0.29) is 0 Å². The molecule has 0 spiro atoms. The van der Waals surface area contributed by atoms with E-state index in [9.17, 15) is 8.42 Å². The highest BCUT2D eigenvalue weighted by Gasteiger charge is 2.21. The molecule has 0 aromatic rings. The van der Waals surface area contributed by atoms with Crippen molar-refractivity contribution < 1.29 is 8.42 Å². The maximum atomic E-state index is 10.8. The van der Waals surface area contributed by atoms with Gasteiger partial charge >= 0.3 is 0 Å². The summed E-state index contributed by atoms with van der Waals surface area (Å²) < 4.78 is 24.1. The maximum Gasteiger partial charge on any atom is 0.208 e. The molecular formula is C10H23NO2S. The van der Waals surface area contributed by atoms with E-state index < -0.39 is 10.0 Å². The summed E-state index contributed by atoms with van der Waals surface area (Å²) in [6.45, 7) is 9.39. The van der Waals surface area contributed by atoms with Gasteiger partial charge in [0.1, 0.15) is 0 Å². The van der Waals surface area contributed by atoms with Gasteiger partial charge in [0.15, 0.2) is 0 Å². The van der Waals surface area contributed by atoms with Gasteiger partial charge < -0.3 is 0 Å². The van der Waals surface area contributed by atoms with Crippen LogP contribution in [-0.4, -0.2) is 21.2 Å². The van der Waals surface area contributed by atoms with E-state index >= 15 is 0 Å². The van der Waals surface area contributed by atoms with Crippen LogP contribution in [0.25, 0.3) is 0 Å². The summed E-state index contributed by atoms with van der Waals surface area (Å²) >= 11 is 0. The van der Waals surface area contributed by atoms with Crippen molar-refractivity contribution in [3.63, 3.8) is 0 Å². The van der Waals surface area contributed by atoms with Crippen molar-refractivity contribution in [3.8, 4) is 0 Å². The zero-order valence-corrected chi connectivity index (χ0v) is 10.7. The lowest BCUT2D eigenvalue weighted by Gasteiger charge is -2.29. The molecule has 3 nitrogen and oxygen atoms in total. The van der Waals surface area contributed by atoms with Crippen LogP contribution in [0.4, 0.5) is 0 Å². The van der Waals surface area contributed by atoms with E-state index in [0.29, 0.717) is 17.9 Å². The van der Waals surface area contributed by atoms with Crippen molar-refractivity contribution in [1.82, 2.24) is 4.72 Å².